The van der Waals surface area contributed by atoms with Crippen molar-refractivity contribution in [2.24, 2.45) is 0 Å². The Hall–Kier alpha value is -1.58. The summed E-state index contributed by atoms with van der Waals surface area (Å²) in [6.45, 7) is 3.57. The van der Waals surface area contributed by atoms with E-state index in [9.17, 15) is 4.39 Å². The van der Waals surface area contributed by atoms with Crippen molar-refractivity contribution in [1.29, 1.82) is 0 Å². The Labute approximate surface area is 117 Å². The van der Waals surface area contributed by atoms with Gasteiger partial charge < -0.3 is 10.1 Å². The maximum Gasteiger partial charge on any atom is 0.133 e. The van der Waals surface area contributed by atoms with Crippen LogP contribution >= 0.6 is 11.6 Å². The normalized spacial score (nSPS) is 10.5. The van der Waals surface area contributed by atoms with E-state index in [0.29, 0.717) is 23.1 Å². The van der Waals surface area contributed by atoms with Crippen LogP contribution in [0, 0.1) is 5.82 Å². The van der Waals surface area contributed by atoms with E-state index in [-0.39, 0.29) is 5.82 Å². The van der Waals surface area contributed by atoms with Gasteiger partial charge in [0.15, 0.2) is 0 Å². The van der Waals surface area contributed by atoms with Crippen molar-refractivity contribution >= 4 is 11.6 Å². The second-order valence-electron chi connectivity index (χ2n) is 4.09. The quantitative estimate of drug-likeness (QED) is 0.877. The van der Waals surface area contributed by atoms with E-state index in [1.807, 2.05) is 19.1 Å². The minimum Gasteiger partial charge on any atom is -0.457 e. The summed E-state index contributed by atoms with van der Waals surface area (Å²) in [4.78, 5) is 0. The van der Waals surface area contributed by atoms with Gasteiger partial charge in [0.25, 0.3) is 0 Å². The van der Waals surface area contributed by atoms with Crippen molar-refractivity contribution in [3.8, 4) is 11.5 Å². The number of hydrogen-bond donors (Lipinski definition) is 1. The van der Waals surface area contributed by atoms with Crippen LogP contribution in [0.1, 0.15) is 12.5 Å². The van der Waals surface area contributed by atoms with Gasteiger partial charge in [0.2, 0.25) is 0 Å². The average Bonchev–Trinajstić information content (AvgIpc) is 2.38. The lowest BCUT2D eigenvalue weighted by Crippen LogP contribution is -2.12. The Morgan fingerprint density at radius 1 is 1.21 bits per heavy atom. The first-order chi connectivity index (χ1) is 9.19. The first-order valence-corrected chi connectivity index (χ1v) is 6.49. The van der Waals surface area contributed by atoms with Crippen molar-refractivity contribution < 1.29 is 9.13 Å². The molecule has 19 heavy (non-hydrogen) atoms. The third kappa shape index (κ3) is 3.94. The maximum absolute atomic E-state index is 13.1. The fraction of sp³-hybridized carbons (Fsp3) is 0.200. The largest absolute Gasteiger partial charge is 0.457 e. The monoisotopic (exact) mass is 279 g/mol. The van der Waals surface area contributed by atoms with Crippen LogP contribution in [0.3, 0.4) is 0 Å². The minimum atomic E-state index is -0.326. The van der Waals surface area contributed by atoms with Crippen LogP contribution < -0.4 is 10.1 Å². The molecule has 2 rings (SSSR count). The molecule has 0 aliphatic rings. The summed E-state index contributed by atoms with van der Waals surface area (Å²) >= 11 is 5.97. The summed E-state index contributed by atoms with van der Waals surface area (Å²) in [5.41, 5.74) is 0.982. The molecule has 0 saturated heterocycles. The summed E-state index contributed by atoms with van der Waals surface area (Å²) in [6, 6.07) is 11.5. The van der Waals surface area contributed by atoms with Crippen molar-refractivity contribution in [3.05, 3.63) is 58.9 Å². The zero-order chi connectivity index (χ0) is 13.7. The Kier molecular flexibility index (Phi) is 4.77. The van der Waals surface area contributed by atoms with Crippen LogP contribution in [-0.2, 0) is 6.54 Å². The van der Waals surface area contributed by atoms with E-state index in [0.717, 1.165) is 12.1 Å². The number of halogens is 2. The third-order valence-corrected chi connectivity index (χ3v) is 2.85. The summed E-state index contributed by atoms with van der Waals surface area (Å²) < 4.78 is 18.8. The van der Waals surface area contributed by atoms with Gasteiger partial charge in [0.1, 0.15) is 17.3 Å². The molecule has 0 unspecified atom stereocenters. The number of nitrogens with one attached hydrogen (secondary N) is 1. The Balaban J connectivity index is 2.24. The smallest absolute Gasteiger partial charge is 0.133 e. The number of ether oxygens (including phenoxy) is 1. The lowest BCUT2D eigenvalue weighted by molar-refractivity contribution is 0.468. The summed E-state index contributed by atoms with van der Waals surface area (Å²) in [5, 5.41) is 3.81. The van der Waals surface area contributed by atoms with Gasteiger partial charge in [-0.05, 0) is 30.8 Å². The van der Waals surface area contributed by atoms with E-state index in [1.165, 1.54) is 12.1 Å². The Morgan fingerprint density at radius 2 is 2.05 bits per heavy atom. The molecule has 0 heterocycles. The first-order valence-electron chi connectivity index (χ1n) is 6.11. The van der Waals surface area contributed by atoms with Gasteiger partial charge in [-0.3, -0.25) is 0 Å². The summed E-state index contributed by atoms with van der Waals surface area (Å²) in [6.07, 6.45) is 0. The van der Waals surface area contributed by atoms with Gasteiger partial charge in [0, 0.05) is 23.2 Å². The molecule has 2 nitrogen and oxygen atoms in total. The predicted molar refractivity (Wildman–Crippen MR) is 75.3 cm³/mol. The molecule has 2 aromatic carbocycles. The molecule has 0 spiro atoms. The average molecular weight is 280 g/mol. The Bertz CT molecular complexity index is 560. The van der Waals surface area contributed by atoms with E-state index in [2.05, 4.69) is 5.32 Å². The van der Waals surface area contributed by atoms with Gasteiger partial charge in [-0.1, -0.05) is 30.7 Å². The highest BCUT2D eigenvalue weighted by Gasteiger charge is 2.06. The molecule has 0 atom stereocenters. The fourth-order valence-corrected chi connectivity index (χ4v) is 1.85. The molecule has 0 fully saturated rings. The van der Waals surface area contributed by atoms with E-state index in [4.69, 9.17) is 16.3 Å². The van der Waals surface area contributed by atoms with Crippen LogP contribution in [0.25, 0.3) is 0 Å². The highest BCUT2D eigenvalue weighted by molar-refractivity contribution is 6.30. The summed E-state index contributed by atoms with van der Waals surface area (Å²) in [5.74, 6) is 0.770. The maximum atomic E-state index is 13.1. The molecule has 0 amide bonds. The highest BCUT2D eigenvalue weighted by Crippen LogP contribution is 2.28. The number of benzene rings is 2. The van der Waals surface area contributed by atoms with Gasteiger partial charge >= 0.3 is 0 Å². The molecule has 0 saturated carbocycles. The zero-order valence-electron chi connectivity index (χ0n) is 10.6. The van der Waals surface area contributed by atoms with Crippen molar-refractivity contribution in [2.75, 3.05) is 6.54 Å². The molecular weight excluding hydrogens is 265 g/mol. The second kappa shape index (κ2) is 6.55. The molecule has 0 aromatic heterocycles. The Morgan fingerprint density at radius 3 is 2.79 bits per heavy atom. The van der Waals surface area contributed by atoms with Gasteiger partial charge in [-0.25, -0.2) is 4.39 Å². The molecule has 100 valence electrons. The first kappa shape index (κ1) is 13.8. The van der Waals surface area contributed by atoms with Crippen LogP contribution in [0.15, 0.2) is 42.5 Å². The van der Waals surface area contributed by atoms with Crippen molar-refractivity contribution in [3.63, 3.8) is 0 Å². The molecule has 4 heteroatoms. The van der Waals surface area contributed by atoms with Gasteiger partial charge in [-0.15, -0.1) is 0 Å². The molecule has 0 radical (unpaired) electrons. The minimum absolute atomic E-state index is 0.326. The van der Waals surface area contributed by atoms with Crippen LogP contribution in [-0.4, -0.2) is 6.54 Å². The van der Waals surface area contributed by atoms with Crippen molar-refractivity contribution in [1.82, 2.24) is 5.32 Å². The molecule has 0 bridgehead atoms. The van der Waals surface area contributed by atoms with Crippen LogP contribution in [0.2, 0.25) is 5.02 Å². The lowest BCUT2D eigenvalue weighted by Gasteiger charge is -2.12. The number of rotatable bonds is 5. The van der Waals surface area contributed by atoms with Gasteiger partial charge in [0.05, 0.1) is 0 Å². The zero-order valence-corrected chi connectivity index (χ0v) is 11.4. The molecule has 0 aliphatic heterocycles. The standard InChI is InChI=1S/C15H15ClFNO/c1-2-18-10-11-6-7-12(16)8-15(11)19-14-5-3-4-13(17)9-14/h3-9,18H,2,10H2,1H3. The van der Waals surface area contributed by atoms with E-state index in [1.54, 1.807) is 18.2 Å². The molecule has 2 aromatic rings. The third-order valence-electron chi connectivity index (χ3n) is 2.62. The highest BCUT2D eigenvalue weighted by atomic mass is 35.5. The molecule has 0 aliphatic carbocycles. The van der Waals surface area contributed by atoms with Gasteiger partial charge in [-0.2, -0.15) is 0 Å². The fourth-order valence-electron chi connectivity index (χ4n) is 1.69. The lowest BCUT2D eigenvalue weighted by atomic mass is 10.2. The van der Waals surface area contributed by atoms with E-state index < -0.39 is 0 Å². The topological polar surface area (TPSA) is 21.3 Å². The predicted octanol–water partition coefficient (Wildman–Crippen LogP) is 4.38. The molecule has 1 N–H and O–H groups in total. The van der Waals surface area contributed by atoms with Crippen LogP contribution in [0.4, 0.5) is 4.39 Å². The van der Waals surface area contributed by atoms with E-state index >= 15 is 0 Å². The van der Waals surface area contributed by atoms with Crippen molar-refractivity contribution in [2.45, 2.75) is 13.5 Å². The number of hydrogen-bond acceptors (Lipinski definition) is 2. The second-order valence-corrected chi connectivity index (χ2v) is 4.53. The summed E-state index contributed by atoms with van der Waals surface area (Å²) in [7, 11) is 0. The van der Waals surface area contributed by atoms with Crippen LogP contribution in [0.5, 0.6) is 11.5 Å². The SMILES string of the molecule is CCNCc1ccc(Cl)cc1Oc1cccc(F)c1. The molecular formula is C15H15ClFNO.